The van der Waals surface area contributed by atoms with Crippen LogP contribution in [-0.2, 0) is 11.2 Å². The van der Waals surface area contributed by atoms with Crippen molar-refractivity contribution < 1.29 is 9.90 Å². The Morgan fingerprint density at radius 3 is 2.80 bits per heavy atom. The molecule has 0 saturated carbocycles. The average molecular weight is 341 g/mol. The maximum absolute atomic E-state index is 10.8. The van der Waals surface area contributed by atoms with Crippen LogP contribution in [0.1, 0.15) is 24.2 Å². The number of nitrogens with one attached hydrogen (secondary N) is 1. The summed E-state index contributed by atoms with van der Waals surface area (Å²) in [6.07, 6.45) is 4.46. The molecule has 132 valence electrons. The summed E-state index contributed by atoms with van der Waals surface area (Å²) in [5.74, 6) is 1.29. The van der Waals surface area contributed by atoms with E-state index >= 15 is 0 Å². The molecule has 1 aliphatic heterocycles. The van der Waals surface area contributed by atoms with Gasteiger partial charge in [-0.2, -0.15) is 0 Å². The van der Waals surface area contributed by atoms with Crippen molar-refractivity contribution in [2.45, 2.75) is 26.2 Å². The highest BCUT2D eigenvalue weighted by molar-refractivity contribution is 5.69. The van der Waals surface area contributed by atoms with Crippen molar-refractivity contribution in [3.05, 3.63) is 42.0 Å². The molecule has 2 N–H and O–H groups in total. The van der Waals surface area contributed by atoms with Gasteiger partial charge >= 0.3 is 5.97 Å². The fourth-order valence-electron chi connectivity index (χ4n) is 3.16. The van der Waals surface area contributed by atoms with Gasteiger partial charge < -0.3 is 10.4 Å². The number of likely N-dealkylation sites (tertiary alicyclic amines) is 1. The molecule has 0 spiro atoms. The number of piperidine rings is 1. The Labute approximate surface area is 147 Å². The average Bonchev–Trinajstić information content (AvgIpc) is 2.57. The molecule has 0 radical (unpaired) electrons. The summed E-state index contributed by atoms with van der Waals surface area (Å²) in [6, 6.07) is 7.78. The van der Waals surface area contributed by atoms with Gasteiger partial charge in [-0.1, -0.05) is 6.07 Å². The molecule has 7 nitrogen and oxygen atoms in total. The summed E-state index contributed by atoms with van der Waals surface area (Å²) in [5, 5.41) is 12.1. The van der Waals surface area contributed by atoms with E-state index in [0.717, 1.165) is 55.4 Å². The summed E-state index contributed by atoms with van der Waals surface area (Å²) in [6.45, 7) is 3.76. The minimum atomic E-state index is -0.755. The highest BCUT2D eigenvalue weighted by Gasteiger charge is 2.21. The smallest absolute Gasteiger partial charge is 0.317 e. The van der Waals surface area contributed by atoms with Gasteiger partial charge in [-0.3, -0.25) is 9.69 Å². The van der Waals surface area contributed by atoms with Gasteiger partial charge in [0, 0.05) is 17.5 Å². The van der Waals surface area contributed by atoms with Gasteiger partial charge in [-0.25, -0.2) is 15.0 Å². The van der Waals surface area contributed by atoms with E-state index in [4.69, 9.17) is 5.11 Å². The first-order chi connectivity index (χ1) is 12.1. The van der Waals surface area contributed by atoms with Crippen LogP contribution in [0.3, 0.4) is 0 Å². The van der Waals surface area contributed by atoms with Gasteiger partial charge in [0.1, 0.15) is 18.0 Å². The first-order valence-corrected chi connectivity index (χ1v) is 8.54. The number of hydrogen-bond donors (Lipinski definition) is 2. The number of aliphatic carboxylic acids is 1. The number of hydrogen-bond acceptors (Lipinski definition) is 6. The zero-order valence-electron chi connectivity index (χ0n) is 14.4. The van der Waals surface area contributed by atoms with Crippen molar-refractivity contribution >= 4 is 17.6 Å². The molecule has 0 atom stereocenters. The summed E-state index contributed by atoms with van der Waals surface area (Å²) in [7, 11) is 0. The van der Waals surface area contributed by atoms with E-state index in [0.29, 0.717) is 5.92 Å². The number of carboxylic acids is 1. The molecule has 0 amide bonds. The highest BCUT2D eigenvalue weighted by atomic mass is 16.4. The van der Waals surface area contributed by atoms with E-state index in [9.17, 15) is 4.79 Å². The van der Waals surface area contributed by atoms with E-state index in [1.165, 1.54) is 0 Å². The molecule has 1 saturated heterocycles. The van der Waals surface area contributed by atoms with Crippen LogP contribution in [0.4, 0.5) is 11.6 Å². The van der Waals surface area contributed by atoms with Crippen molar-refractivity contribution in [2.24, 2.45) is 5.92 Å². The molecule has 1 aliphatic rings. The standard InChI is InChI=1S/C18H23N5O2/c1-13-3-2-4-16(21-13)22-17-10-15(19-12-20-17)9-14-5-7-23(8-6-14)11-18(24)25/h2-4,10,12,14H,5-9,11H2,1H3,(H,24,25)(H,19,20,21,22). The third-order valence-electron chi connectivity index (χ3n) is 4.43. The lowest BCUT2D eigenvalue weighted by atomic mass is 9.92. The molecule has 0 bridgehead atoms. The molecule has 0 aromatic carbocycles. The summed E-state index contributed by atoms with van der Waals surface area (Å²) in [5.41, 5.74) is 1.95. The fourth-order valence-corrected chi connectivity index (χ4v) is 3.16. The lowest BCUT2D eigenvalue weighted by molar-refractivity contribution is -0.138. The normalized spacial score (nSPS) is 15.9. The second-order valence-corrected chi connectivity index (χ2v) is 6.50. The van der Waals surface area contributed by atoms with E-state index in [1.54, 1.807) is 6.33 Å². The molecular weight excluding hydrogens is 318 g/mol. The van der Waals surface area contributed by atoms with Gasteiger partial charge in [-0.05, 0) is 57.3 Å². The van der Waals surface area contributed by atoms with Crippen LogP contribution < -0.4 is 5.32 Å². The van der Waals surface area contributed by atoms with Crippen LogP contribution in [-0.4, -0.2) is 50.6 Å². The van der Waals surface area contributed by atoms with Crippen LogP contribution >= 0.6 is 0 Å². The maximum atomic E-state index is 10.8. The molecule has 1 fully saturated rings. The second-order valence-electron chi connectivity index (χ2n) is 6.50. The maximum Gasteiger partial charge on any atom is 0.317 e. The number of pyridine rings is 1. The number of aryl methyl sites for hydroxylation is 1. The number of aromatic nitrogens is 3. The Balaban J connectivity index is 1.56. The minimum absolute atomic E-state index is 0.137. The van der Waals surface area contributed by atoms with Crippen LogP contribution in [0.15, 0.2) is 30.6 Å². The van der Waals surface area contributed by atoms with Gasteiger partial charge in [0.15, 0.2) is 0 Å². The van der Waals surface area contributed by atoms with E-state index in [2.05, 4.69) is 20.3 Å². The molecule has 3 rings (SSSR count). The topological polar surface area (TPSA) is 91.2 Å². The number of rotatable bonds is 6. The van der Waals surface area contributed by atoms with Crippen molar-refractivity contribution in [2.75, 3.05) is 25.0 Å². The highest BCUT2D eigenvalue weighted by Crippen LogP contribution is 2.22. The second kappa shape index (κ2) is 8.02. The summed E-state index contributed by atoms with van der Waals surface area (Å²) < 4.78 is 0. The van der Waals surface area contributed by atoms with Gasteiger partial charge in [0.05, 0.1) is 6.54 Å². The van der Waals surface area contributed by atoms with E-state index in [-0.39, 0.29) is 6.54 Å². The molecule has 3 heterocycles. The monoisotopic (exact) mass is 341 g/mol. The van der Waals surface area contributed by atoms with Crippen molar-refractivity contribution in [1.82, 2.24) is 19.9 Å². The van der Waals surface area contributed by atoms with Crippen molar-refractivity contribution in [1.29, 1.82) is 0 Å². The zero-order chi connectivity index (χ0) is 17.6. The van der Waals surface area contributed by atoms with Gasteiger partial charge in [0.2, 0.25) is 0 Å². The molecular formula is C18H23N5O2. The van der Waals surface area contributed by atoms with Crippen molar-refractivity contribution in [3.63, 3.8) is 0 Å². The number of carboxylic acid groups (broad SMARTS) is 1. The Hall–Kier alpha value is -2.54. The van der Waals surface area contributed by atoms with Crippen molar-refractivity contribution in [3.8, 4) is 0 Å². The largest absolute Gasteiger partial charge is 0.480 e. The number of nitrogens with zero attached hydrogens (tertiary/aromatic N) is 4. The molecule has 0 unspecified atom stereocenters. The van der Waals surface area contributed by atoms with Crippen LogP contribution in [0.25, 0.3) is 0 Å². The fraction of sp³-hybridized carbons (Fsp3) is 0.444. The molecule has 2 aromatic heterocycles. The van der Waals surface area contributed by atoms with Crippen LogP contribution in [0.2, 0.25) is 0 Å². The predicted molar refractivity (Wildman–Crippen MR) is 94.8 cm³/mol. The number of carbonyl (C=O) groups is 1. The Morgan fingerprint density at radius 1 is 1.28 bits per heavy atom. The minimum Gasteiger partial charge on any atom is -0.480 e. The first kappa shape index (κ1) is 17.3. The predicted octanol–water partition coefficient (Wildman–Crippen LogP) is 2.26. The van der Waals surface area contributed by atoms with E-state index < -0.39 is 5.97 Å². The summed E-state index contributed by atoms with van der Waals surface area (Å²) in [4.78, 5) is 25.8. The molecule has 2 aromatic rings. The van der Waals surface area contributed by atoms with Gasteiger partial charge in [-0.15, -0.1) is 0 Å². The first-order valence-electron chi connectivity index (χ1n) is 8.54. The summed E-state index contributed by atoms with van der Waals surface area (Å²) >= 11 is 0. The molecule has 7 heteroatoms. The third kappa shape index (κ3) is 5.22. The van der Waals surface area contributed by atoms with E-state index in [1.807, 2.05) is 36.1 Å². The quantitative estimate of drug-likeness (QED) is 0.832. The number of anilines is 2. The van der Waals surface area contributed by atoms with Gasteiger partial charge in [0.25, 0.3) is 0 Å². The Morgan fingerprint density at radius 2 is 2.08 bits per heavy atom. The SMILES string of the molecule is Cc1cccc(Nc2cc(CC3CCN(CC(=O)O)CC3)ncn2)n1. The van der Waals surface area contributed by atoms with Crippen LogP contribution in [0, 0.1) is 12.8 Å². The molecule has 0 aliphatic carbocycles. The Kier molecular flexibility index (Phi) is 5.55. The van der Waals surface area contributed by atoms with Crippen LogP contribution in [0.5, 0.6) is 0 Å². The third-order valence-corrected chi connectivity index (χ3v) is 4.43. The zero-order valence-corrected chi connectivity index (χ0v) is 14.4. The Bertz CT molecular complexity index is 729. The lowest BCUT2D eigenvalue weighted by Gasteiger charge is -2.30. The molecule has 25 heavy (non-hydrogen) atoms. The lowest BCUT2D eigenvalue weighted by Crippen LogP contribution is -2.37.